The zero-order valence-corrected chi connectivity index (χ0v) is 11.3. The summed E-state index contributed by atoms with van der Waals surface area (Å²) in [4.78, 5) is 16.7. The summed E-state index contributed by atoms with van der Waals surface area (Å²) in [5, 5.41) is 12.2. The lowest BCUT2D eigenvalue weighted by molar-refractivity contribution is 0.624. The lowest BCUT2D eigenvalue weighted by Crippen LogP contribution is -2.29. The molecule has 1 aliphatic heterocycles. The van der Waals surface area contributed by atoms with E-state index in [4.69, 9.17) is 5.26 Å². The molecule has 0 amide bonds. The number of fused-ring (bicyclic) bond motifs is 1. The van der Waals surface area contributed by atoms with E-state index in [-0.39, 0.29) is 17.7 Å². The van der Waals surface area contributed by atoms with Crippen molar-refractivity contribution in [3.05, 3.63) is 57.4 Å². The fourth-order valence-corrected chi connectivity index (χ4v) is 2.47. The first-order valence-corrected chi connectivity index (χ1v) is 6.70. The number of hydrogen-bond acceptors (Lipinski definition) is 4. The summed E-state index contributed by atoms with van der Waals surface area (Å²) in [7, 11) is 0. The predicted octanol–water partition coefficient (Wildman–Crippen LogP) is 1.66. The Hall–Kier alpha value is -2.68. The molecule has 0 unspecified atom stereocenters. The van der Waals surface area contributed by atoms with Gasteiger partial charge in [-0.3, -0.25) is 9.36 Å². The van der Waals surface area contributed by atoms with Gasteiger partial charge in [0.05, 0.1) is 23.7 Å². The van der Waals surface area contributed by atoms with Crippen LogP contribution < -0.4 is 10.9 Å². The molecule has 1 aliphatic rings. The molecular formula is C15H13FN4O. The van der Waals surface area contributed by atoms with E-state index in [1.807, 2.05) is 6.07 Å². The first-order chi connectivity index (χ1) is 10.2. The van der Waals surface area contributed by atoms with E-state index in [0.717, 1.165) is 13.0 Å². The fraction of sp³-hybridized carbons (Fsp3) is 0.267. The Morgan fingerprint density at radius 1 is 1.48 bits per heavy atom. The number of nitrogens with zero attached hydrogens (tertiary/aromatic N) is 3. The molecule has 0 radical (unpaired) electrons. The van der Waals surface area contributed by atoms with Crippen LogP contribution in [0.3, 0.4) is 0 Å². The third-order valence-corrected chi connectivity index (χ3v) is 3.56. The van der Waals surface area contributed by atoms with Gasteiger partial charge in [-0.2, -0.15) is 5.26 Å². The molecule has 0 bridgehead atoms. The van der Waals surface area contributed by atoms with Crippen molar-refractivity contribution < 1.29 is 4.39 Å². The summed E-state index contributed by atoms with van der Waals surface area (Å²) >= 11 is 0. The molecule has 2 aromatic rings. The summed E-state index contributed by atoms with van der Waals surface area (Å²) in [6.07, 6.45) is 3.06. The molecule has 1 aromatic carbocycles. The van der Waals surface area contributed by atoms with E-state index in [1.165, 1.54) is 29.1 Å². The van der Waals surface area contributed by atoms with Crippen molar-refractivity contribution in [3.8, 4) is 6.07 Å². The lowest BCUT2D eigenvalue weighted by atomic mass is 10.1. The Labute approximate surface area is 120 Å². The maximum Gasteiger partial charge on any atom is 0.258 e. The van der Waals surface area contributed by atoms with E-state index in [1.54, 1.807) is 0 Å². The molecule has 6 heteroatoms. The van der Waals surface area contributed by atoms with E-state index in [0.29, 0.717) is 23.4 Å². The maximum absolute atomic E-state index is 13.1. The number of rotatable bonds is 2. The summed E-state index contributed by atoms with van der Waals surface area (Å²) < 4.78 is 14.6. The molecule has 2 heterocycles. The highest BCUT2D eigenvalue weighted by Gasteiger charge is 2.16. The Balaban J connectivity index is 2.00. The zero-order chi connectivity index (χ0) is 14.8. The third-order valence-electron chi connectivity index (χ3n) is 3.56. The molecule has 21 heavy (non-hydrogen) atoms. The van der Waals surface area contributed by atoms with Crippen LogP contribution in [-0.4, -0.2) is 16.1 Å². The van der Waals surface area contributed by atoms with Crippen molar-refractivity contribution in [1.82, 2.24) is 9.55 Å². The van der Waals surface area contributed by atoms with Crippen molar-refractivity contribution in [2.75, 3.05) is 11.9 Å². The van der Waals surface area contributed by atoms with Crippen molar-refractivity contribution in [2.24, 2.45) is 0 Å². The predicted molar refractivity (Wildman–Crippen MR) is 75.5 cm³/mol. The van der Waals surface area contributed by atoms with Gasteiger partial charge in [0, 0.05) is 6.54 Å². The minimum Gasteiger partial charge on any atom is -0.370 e. The van der Waals surface area contributed by atoms with Crippen LogP contribution in [0, 0.1) is 17.1 Å². The second-order valence-corrected chi connectivity index (χ2v) is 4.95. The highest BCUT2D eigenvalue weighted by atomic mass is 19.1. The van der Waals surface area contributed by atoms with Gasteiger partial charge < -0.3 is 5.32 Å². The van der Waals surface area contributed by atoms with Crippen LogP contribution >= 0.6 is 0 Å². The minimum atomic E-state index is -0.463. The molecule has 0 spiro atoms. The van der Waals surface area contributed by atoms with Gasteiger partial charge >= 0.3 is 0 Å². The molecule has 0 saturated carbocycles. The number of anilines is 1. The molecule has 0 saturated heterocycles. The second kappa shape index (κ2) is 5.37. The number of nitrogens with one attached hydrogen (secondary N) is 1. The van der Waals surface area contributed by atoms with E-state index >= 15 is 0 Å². The van der Waals surface area contributed by atoms with Gasteiger partial charge in [0.2, 0.25) is 0 Å². The first kappa shape index (κ1) is 13.3. The van der Waals surface area contributed by atoms with Crippen molar-refractivity contribution in [1.29, 1.82) is 5.26 Å². The Bertz CT molecular complexity index is 791. The Morgan fingerprint density at radius 2 is 2.33 bits per heavy atom. The van der Waals surface area contributed by atoms with Crippen LogP contribution in [0.15, 0.2) is 29.3 Å². The quantitative estimate of drug-likeness (QED) is 0.910. The average Bonchev–Trinajstić information content (AvgIpc) is 2.51. The highest BCUT2D eigenvalue weighted by molar-refractivity contribution is 5.45. The molecule has 5 nitrogen and oxygen atoms in total. The average molecular weight is 284 g/mol. The standard InChI is InChI=1S/C15H13FN4O/c16-12-4-3-10(11(6-12)7-17)8-20-9-19-14-13(15(20)21)2-1-5-18-14/h3-4,6,9,18H,1-2,5,8H2. The van der Waals surface area contributed by atoms with Crippen LogP contribution in [0.1, 0.15) is 23.1 Å². The summed E-state index contributed by atoms with van der Waals surface area (Å²) in [6.45, 7) is 1.03. The largest absolute Gasteiger partial charge is 0.370 e. The van der Waals surface area contributed by atoms with Gasteiger partial charge in [0.15, 0.2) is 0 Å². The second-order valence-electron chi connectivity index (χ2n) is 4.95. The molecule has 1 N–H and O–H groups in total. The van der Waals surface area contributed by atoms with E-state index in [2.05, 4.69) is 10.3 Å². The summed E-state index contributed by atoms with van der Waals surface area (Å²) in [5.74, 6) is 0.178. The van der Waals surface area contributed by atoms with Crippen molar-refractivity contribution in [3.63, 3.8) is 0 Å². The van der Waals surface area contributed by atoms with Crippen molar-refractivity contribution in [2.45, 2.75) is 19.4 Å². The Morgan fingerprint density at radius 3 is 3.14 bits per heavy atom. The molecule has 0 fully saturated rings. The number of benzene rings is 1. The monoisotopic (exact) mass is 284 g/mol. The van der Waals surface area contributed by atoms with Gasteiger partial charge in [-0.1, -0.05) is 6.07 Å². The minimum absolute atomic E-state index is 0.111. The SMILES string of the molecule is N#Cc1cc(F)ccc1Cn1cnc2c(c1=O)CCCN2. The van der Waals surface area contributed by atoms with Crippen molar-refractivity contribution >= 4 is 5.82 Å². The topological polar surface area (TPSA) is 70.7 Å². The van der Waals surface area contributed by atoms with Crippen LogP contribution in [0.5, 0.6) is 0 Å². The molecule has 0 atom stereocenters. The zero-order valence-electron chi connectivity index (χ0n) is 11.3. The number of aromatic nitrogens is 2. The Kier molecular flexibility index (Phi) is 3.40. The smallest absolute Gasteiger partial charge is 0.258 e. The normalized spacial score (nSPS) is 13.1. The highest BCUT2D eigenvalue weighted by Crippen LogP contribution is 2.16. The van der Waals surface area contributed by atoms with E-state index < -0.39 is 5.82 Å². The molecule has 1 aromatic heterocycles. The molecule has 106 valence electrons. The van der Waals surface area contributed by atoms with Gasteiger partial charge in [0.1, 0.15) is 18.0 Å². The van der Waals surface area contributed by atoms with Crippen LogP contribution in [0.2, 0.25) is 0 Å². The number of nitriles is 1. The van der Waals surface area contributed by atoms with Gasteiger partial charge in [-0.05, 0) is 30.5 Å². The van der Waals surface area contributed by atoms with Gasteiger partial charge in [0.25, 0.3) is 5.56 Å². The van der Waals surface area contributed by atoms with Crippen LogP contribution in [0.25, 0.3) is 0 Å². The number of halogens is 1. The molecular weight excluding hydrogens is 271 g/mol. The van der Waals surface area contributed by atoms with Gasteiger partial charge in [-0.25, -0.2) is 9.37 Å². The van der Waals surface area contributed by atoms with Gasteiger partial charge in [-0.15, -0.1) is 0 Å². The molecule has 0 aliphatic carbocycles. The first-order valence-electron chi connectivity index (χ1n) is 6.70. The maximum atomic E-state index is 13.1. The third kappa shape index (κ3) is 2.50. The summed E-state index contributed by atoms with van der Waals surface area (Å²) in [6, 6.07) is 5.94. The van der Waals surface area contributed by atoms with Crippen LogP contribution in [-0.2, 0) is 13.0 Å². The van der Waals surface area contributed by atoms with E-state index in [9.17, 15) is 9.18 Å². The fourth-order valence-electron chi connectivity index (χ4n) is 2.47. The number of hydrogen-bond donors (Lipinski definition) is 1. The summed E-state index contributed by atoms with van der Waals surface area (Å²) in [5.41, 5.74) is 1.40. The van der Waals surface area contributed by atoms with Crippen LogP contribution in [0.4, 0.5) is 10.2 Å². The molecule has 3 rings (SSSR count). The lowest BCUT2D eigenvalue weighted by Gasteiger charge is -2.17.